The van der Waals surface area contributed by atoms with E-state index < -0.39 is 0 Å². The van der Waals surface area contributed by atoms with Gasteiger partial charge in [0.25, 0.3) is 0 Å². The van der Waals surface area contributed by atoms with Gasteiger partial charge in [-0.1, -0.05) is 26.7 Å². The standard InChI is InChI=1S/C14H27NO2/c1-11(2)6-5-9-17-14(16)13-8-4-3-7-12(13)10-15/h11-13H,3-10,15H2,1-2H3. The lowest BCUT2D eigenvalue weighted by Crippen LogP contribution is -2.33. The predicted octanol–water partition coefficient (Wildman–Crippen LogP) is 2.73. The first kappa shape index (κ1) is 14.5. The molecular weight excluding hydrogens is 214 g/mol. The molecular formula is C14H27NO2. The van der Waals surface area contributed by atoms with E-state index in [9.17, 15) is 4.79 Å². The molecule has 0 bridgehead atoms. The van der Waals surface area contributed by atoms with Gasteiger partial charge in [-0.25, -0.2) is 0 Å². The fourth-order valence-electron chi connectivity index (χ4n) is 2.57. The Labute approximate surface area is 105 Å². The first-order chi connectivity index (χ1) is 8.15. The minimum Gasteiger partial charge on any atom is -0.465 e. The van der Waals surface area contributed by atoms with Gasteiger partial charge in [-0.2, -0.15) is 0 Å². The highest BCUT2D eigenvalue weighted by atomic mass is 16.5. The van der Waals surface area contributed by atoms with E-state index in [0.29, 0.717) is 25.0 Å². The van der Waals surface area contributed by atoms with Crippen LogP contribution in [0.1, 0.15) is 52.4 Å². The van der Waals surface area contributed by atoms with Crippen molar-refractivity contribution in [3.63, 3.8) is 0 Å². The molecule has 1 rings (SSSR count). The normalized spacial score (nSPS) is 24.9. The Bertz CT molecular complexity index is 228. The van der Waals surface area contributed by atoms with Gasteiger partial charge in [0, 0.05) is 0 Å². The Morgan fingerprint density at radius 2 is 2.06 bits per heavy atom. The fraction of sp³-hybridized carbons (Fsp3) is 0.929. The Balaban J connectivity index is 2.25. The lowest BCUT2D eigenvalue weighted by atomic mass is 9.79. The molecule has 2 N–H and O–H groups in total. The highest BCUT2D eigenvalue weighted by molar-refractivity contribution is 5.72. The van der Waals surface area contributed by atoms with E-state index in [2.05, 4.69) is 13.8 Å². The van der Waals surface area contributed by atoms with Crippen molar-refractivity contribution in [2.45, 2.75) is 52.4 Å². The van der Waals surface area contributed by atoms with Gasteiger partial charge in [-0.05, 0) is 44.1 Å². The fourth-order valence-corrected chi connectivity index (χ4v) is 2.57. The summed E-state index contributed by atoms with van der Waals surface area (Å²) in [5, 5.41) is 0. The third-order valence-electron chi connectivity index (χ3n) is 3.68. The molecule has 1 aliphatic carbocycles. The minimum atomic E-state index is -0.0103. The van der Waals surface area contributed by atoms with E-state index in [1.54, 1.807) is 0 Å². The van der Waals surface area contributed by atoms with E-state index >= 15 is 0 Å². The van der Waals surface area contributed by atoms with Crippen molar-refractivity contribution in [3.05, 3.63) is 0 Å². The monoisotopic (exact) mass is 241 g/mol. The number of esters is 1. The molecule has 1 saturated carbocycles. The molecule has 100 valence electrons. The van der Waals surface area contributed by atoms with Gasteiger partial charge in [0.05, 0.1) is 12.5 Å². The van der Waals surface area contributed by atoms with Crippen molar-refractivity contribution in [3.8, 4) is 0 Å². The number of hydrogen-bond acceptors (Lipinski definition) is 3. The van der Waals surface area contributed by atoms with Crippen LogP contribution in [0.15, 0.2) is 0 Å². The molecule has 3 heteroatoms. The molecule has 2 atom stereocenters. The summed E-state index contributed by atoms with van der Waals surface area (Å²) in [6.45, 7) is 5.57. The molecule has 0 saturated heterocycles. The van der Waals surface area contributed by atoms with Gasteiger partial charge in [0.2, 0.25) is 0 Å². The molecule has 0 heterocycles. The molecule has 0 aromatic heterocycles. The van der Waals surface area contributed by atoms with Gasteiger partial charge in [0.1, 0.15) is 0 Å². The molecule has 0 spiro atoms. The van der Waals surface area contributed by atoms with E-state index in [-0.39, 0.29) is 11.9 Å². The maximum Gasteiger partial charge on any atom is 0.309 e. The van der Waals surface area contributed by atoms with E-state index in [4.69, 9.17) is 10.5 Å². The van der Waals surface area contributed by atoms with Crippen LogP contribution in [0, 0.1) is 17.8 Å². The van der Waals surface area contributed by atoms with Crippen LogP contribution < -0.4 is 5.73 Å². The van der Waals surface area contributed by atoms with Crippen LogP contribution in [0.2, 0.25) is 0 Å². The average Bonchev–Trinajstić information content (AvgIpc) is 2.34. The van der Waals surface area contributed by atoms with E-state index in [1.165, 1.54) is 6.42 Å². The summed E-state index contributed by atoms with van der Waals surface area (Å²) in [5.74, 6) is 1.08. The number of carbonyl (C=O) groups excluding carboxylic acids is 1. The Morgan fingerprint density at radius 3 is 2.71 bits per heavy atom. The van der Waals surface area contributed by atoms with Gasteiger partial charge in [-0.15, -0.1) is 0 Å². The molecule has 0 aliphatic heterocycles. The maximum absolute atomic E-state index is 11.9. The summed E-state index contributed by atoms with van der Waals surface area (Å²) in [5.41, 5.74) is 5.72. The topological polar surface area (TPSA) is 52.3 Å². The summed E-state index contributed by atoms with van der Waals surface area (Å²) in [7, 11) is 0. The highest BCUT2D eigenvalue weighted by Gasteiger charge is 2.30. The van der Waals surface area contributed by atoms with Crippen molar-refractivity contribution in [2.75, 3.05) is 13.2 Å². The summed E-state index contributed by atoms with van der Waals surface area (Å²) >= 11 is 0. The second kappa shape index (κ2) is 7.70. The van der Waals surface area contributed by atoms with Gasteiger partial charge < -0.3 is 10.5 Å². The highest BCUT2D eigenvalue weighted by Crippen LogP contribution is 2.30. The number of hydrogen-bond donors (Lipinski definition) is 1. The van der Waals surface area contributed by atoms with Crippen molar-refractivity contribution in [2.24, 2.45) is 23.5 Å². The molecule has 2 unspecified atom stereocenters. The Hall–Kier alpha value is -0.570. The molecule has 3 nitrogen and oxygen atoms in total. The van der Waals surface area contributed by atoms with Crippen LogP contribution >= 0.6 is 0 Å². The molecule has 1 aliphatic rings. The smallest absolute Gasteiger partial charge is 0.309 e. The first-order valence-electron chi connectivity index (χ1n) is 7.01. The molecule has 1 fully saturated rings. The van der Waals surface area contributed by atoms with Crippen LogP contribution in [0.25, 0.3) is 0 Å². The summed E-state index contributed by atoms with van der Waals surface area (Å²) in [6.07, 6.45) is 6.50. The number of rotatable bonds is 6. The van der Waals surface area contributed by atoms with Crippen LogP contribution in [-0.4, -0.2) is 19.1 Å². The Morgan fingerprint density at radius 1 is 1.35 bits per heavy atom. The third kappa shape index (κ3) is 5.07. The van der Waals surface area contributed by atoms with Crippen molar-refractivity contribution in [1.29, 1.82) is 0 Å². The van der Waals surface area contributed by atoms with Crippen molar-refractivity contribution in [1.82, 2.24) is 0 Å². The first-order valence-corrected chi connectivity index (χ1v) is 7.01. The number of carbonyl (C=O) groups is 1. The zero-order chi connectivity index (χ0) is 12.7. The number of nitrogens with two attached hydrogens (primary N) is 1. The van der Waals surface area contributed by atoms with Crippen LogP contribution in [0.3, 0.4) is 0 Å². The molecule has 0 aromatic rings. The lowest BCUT2D eigenvalue weighted by Gasteiger charge is -2.28. The molecule has 0 aromatic carbocycles. The number of ether oxygens (including phenoxy) is 1. The quantitative estimate of drug-likeness (QED) is 0.574. The summed E-state index contributed by atoms with van der Waals surface area (Å²) in [4.78, 5) is 11.9. The second-order valence-electron chi connectivity index (χ2n) is 5.59. The van der Waals surface area contributed by atoms with Gasteiger partial charge >= 0.3 is 5.97 Å². The lowest BCUT2D eigenvalue weighted by molar-refractivity contribution is -0.151. The largest absolute Gasteiger partial charge is 0.465 e. The van der Waals surface area contributed by atoms with E-state index in [0.717, 1.165) is 32.1 Å². The zero-order valence-electron chi connectivity index (χ0n) is 11.3. The predicted molar refractivity (Wildman–Crippen MR) is 69.5 cm³/mol. The van der Waals surface area contributed by atoms with Crippen LogP contribution in [-0.2, 0) is 9.53 Å². The molecule has 17 heavy (non-hydrogen) atoms. The van der Waals surface area contributed by atoms with E-state index in [1.807, 2.05) is 0 Å². The van der Waals surface area contributed by atoms with Crippen LogP contribution in [0.5, 0.6) is 0 Å². The maximum atomic E-state index is 11.9. The average molecular weight is 241 g/mol. The van der Waals surface area contributed by atoms with Crippen molar-refractivity contribution >= 4 is 5.97 Å². The second-order valence-corrected chi connectivity index (χ2v) is 5.59. The molecule has 0 radical (unpaired) electrons. The summed E-state index contributed by atoms with van der Waals surface area (Å²) < 4.78 is 5.37. The molecule has 0 amide bonds. The summed E-state index contributed by atoms with van der Waals surface area (Å²) in [6, 6.07) is 0. The van der Waals surface area contributed by atoms with Gasteiger partial charge in [-0.3, -0.25) is 4.79 Å². The Kier molecular flexibility index (Phi) is 6.56. The van der Waals surface area contributed by atoms with Crippen molar-refractivity contribution < 1.29 is 9.53 Å². The minimum absolute atomic E-state index is 0.0103. The zero-order valence-corrected chi connectivity index (χ0v) is 11.3. The third-order valence-corrected chi connectivity index (χ3v) is 3.68. The van der Waals surface area contributed by atoms with Crippen LogP contribution in [0.4, 0.5) is 0 Å². The van der Waals surface area contributed by atoms with Gasteiger partial charge in [0.15, 0.2) is 0 Å². The SMILES string of the molecule is CC(C)CCCOC(=O)C1CCCCC1CN.